The first-order chi connectivity index (χ1) is 9.56. The monoisotopic (exact) mass is 295 g/mol. The summed E-state index contributed by atoms with van der Waals surface area (Å²) in [6.45, 7) is 8.61. The van der Waals surface area contributed by atoms with Crippen molar-refractivity contribution in [1.29, 1.82) is 0 Å². The SMILES string of the molecule is CC(CCNC(C)C)CCc1cc(Cl)cc2c1OCC2. The Morgan fingerprint density at radius 3 is 2.80 bits per heavy atom. The lowest BCUT2D eigenvalue weighted by molar-refractivity contribution is 0.351. The van der Waals surface area contributed by atoms with Crippen molar-refractivity contribution in [2.75, 3.05) is 13.2 Å². The lowest BCUT2D eigenvalue weighted by Crippen LogP contribution is -2.25. The molecular formula is C17H26ClNO. The second-order valence-corrected chi connectivity index (χ2v) is 6.63. The molecule has 2 nitrogen and oxygen atoms in total. The minimum Gasteiger partial charge on any atom is -0.493 e. The number of aryl methyl sites for hydroxylation is 1. The predicted molar refractivity (Wildman–Crippen MR) is 85.9 cm³/mol. The number of hydrogen-bond donors (Lipinski definition) is 1. The van der Waals surface area contributed by atoms with Gasteiger partial charge in [0, 0.05) is 17.5 Å². The van der Waals surface area contributed by atoms with E-state index in [0.717, 1.165) is 42.7 Å². The third kappa shape index (κ3) is 4.39. The minimum absolute atomic E-state index is 0.576. The van der Waals surface area contributed by atoms with Gasteiger partial charge in [-0.05, 0) is 55.0 Å². The molecule has 1 aromatic rings. The first kappa shape index (κ1) is 15.7. The van der Waals surface area contributed by atoms with Crippen LogP contribution in [0, 0.1) is 5.92 Å². The third-order valence-corrected chi connectivity index (χ3v) is 4.14. The van der Waals surface area contributed by atoms with E-state index >= 15 is 0 Å². The Labute approximate surface area is 127 Å². The molecule has 2 rings (SSSR count). The maximum atomic E-state index is 6.20. The van der Waals surface area contributed by atoms with Gasteiger partial charge in [0.2, 0.25) is 0 Å². The van der Waals surface area contributed by atoms with Crippen LogP contribution in [0.1, 0.15) is 44.7 Å². The Hall–Kier alpha value is -0.730. The van der Waals surface area contributed by atoms with E-state index < -0.39 is 0 Å². The molecule has 0 saturated carbocycles. The number of benzene rings is 1. The highest BCUT2D eigenvalue weighted by Crippen LogP contribution is 2.34. The quantitative estimate of drug-likeness (QED) is 0.813. The second kappa shape index (κ2) is 7.33. The summed E-state index contributed by atoms with van der Waals surface area (Å²) >= 11 is 6.20. The fourth-order valence-corrected chi connectivity index (χ4v) is 2.96. The minimum atomic E-state index is 0.576. The molecule has 1 unspecified atom stereocenters. The fourth-order valence-electron chi connectivity index (χ4n) is 2.70. The van der Waals surface area contributed by atoms with Crippen LogP contribution in [0.15, 0.2) is 12.1 Å². The van der Waals surface area contributed by atoms with Gasteiger partial charge in [-0.1, -0.05) is 32.4 Å². The Kier molecular flexibility index (Phi) is 5.74. The highest BCUT2D eigenvalue weighted by atomic mass is 35.5. The summed E-state index contributed by atoms with van der Waals surface area (Å²) in [5.41, 5.74) is 2.57. The van der Waals surface area contributed by atoms with Crippen LogP contribution in [0.2, 0.25) is 5.02 Å². The van der Waals surface area contributed by atoms with Crippen LogP contribution in [-0.4, -0.2) is 19.2 Å². The van der Waals surface area contributed by atoms with E-state index in [9.17, 15) is 0 Å². The smallest absolute Gasteiger partial charge is 0.125 e. The van der Waals surface area contributed by atoms with Gasteiger partial charge in [-0.3, -0.25) is 0 Å². The molecule has 1 atom stereocenters. The van der Waals surface area contributed by atoms with Gasteiger partial charge in [-0.2, -0.15) is 0 Å². The first-order valence-corrected chi connectivity index (χ1v) is 8.11. The van der Waals surface area contributed by atoms with Crippen LogP contribution in [0.4, 0.5) is 0 Å². The maximum absolute atomic E-state index is 6.20. The number of fused-ring (bicyclic) bond motifs is 1. The van der Waals surface area contributed by atoms with E-state index in [-0.39, 0.29) is 0 Å². The Balaban J connectivity index is 1.85. The number of ether oxygens (including phenoxy) is 1. The van der Waals surface area contributed by atoms with E-state index in [1.54, 1.807) is 0 Å². The fraction of sp³-hybridized carbons (Fsp3) is 0.647. The van der Waals surface area contributed by atoms with E-state index in [1.807, 2.05) is 6.07 Å². The standard InChI is InChI=1S/C17H26ClNO/c1-12(2)19-8-6-13(3)4-5-14-10-16(18)11-15-7-9-20-17(14)15/h10-13,19H,4-9H2,1-3H3. The summed E-state index contributed by atoms with van der Waals surface area (Å²) in [6.07, 6.45) is 4.47. The number of rotatable bonds is 7. The third-order valence-electron chi connectivity index (χ3n) is 3.92. The summed E-state index contributed by atoms with van der Waals surface area (Å²) in [6, 6.07) is 4.69. The van der Waals surface area contributed by atoms with Crippen LogP contribution < -0.4 is 10.1 Å². The lowest BCUT2D eigenvalue weighted by atomic mass is 9.96. The molecule has 0 radical (unpaired) electrons. The van der Waals surface area contributed by atoms with Crippen LogP contribution in [-0.2, 0) is 12.8 Å². The molecular weight excluding hydrogens is 270 g/mol. The lowest BCUT2D eigenvalue weighted by Gasteiger charge is -2.15. The van der Waals surface area contributed by atoms with E-state index in [1.165, 1.54) is 24.0 Å². The van der Waals surface area contributed by atoms with Gasteiger partial charge in [-0.25, -0.2) is 0 Å². The molecule has 1 aliphatic heterocycles. The molecule has 3 heteroatoms. The van der Waals surface area contributed by atoms with Crippen molar-refractivity contribution in [3.8, 4) is 5.75 Å². The van der Waals surface area contributed by atoms with Gasteiger partial charge in [0.1, 0.15) is 5.75 Å². The Bertz CT molecular complexity index is 445. The molecule has 0 amide bonds. The molecule has 20 heavy (non-hydrogen) atoms. The molecule has 0 fully saturated rings. The van der Waals surface area contributed by atoms with Gasteiger partial charge in [0.15, 0.2) is 0 Å². The number of hydrogen-bond acceptors (Lipinski definition) is 2. The summed E-state index contributed by atoms with van der Waals surface area (Å²) < 4.78 is 5.76. The van der Waals surface area contributed by atoms with Crippen molar-refractivity contribution in [1.82, 2.24) is 5.32 Å². The molecule has 1 N–H and O–H groups in total. The van der Waals surface area contributed by atoms with Gasteiger partial charge < -0.3 is 10.1 Å². The molecule has 0 aromatic heterocycles. The zero-order valence-electron chi connectivity index (χ0n) is 12.8. The van der Waals surface area contributed by atoms with Crippen molar-refractivity contribution >= 4 is 11.6 Å². The summed E-state index contributed by atoms with van der Waals surface area (Å²) in [5, 5.41) is 4.33. The zero-order chi connectivity index (χ0) is 14.5. The van der Waals surface area contributed by atoms with E-state index in [0.29, 0.717) is 6.04 Å². The van der Waals surface area contributed by atoms with Crippen LogP contribution >= 0.6 is 11.6 Å². The molecule has 0 saturated heterocycles. The molecule has 1 aromatic carbocycles. The van der Waals surface area contributed by atoms with Crippen molar-refractivity contribution < 1.29 is 4.74 Å². The van der Waals surface area contributed by atoms with E-state index in [2.05, 4.69) is 32.2 Å². The summed E-state index contributed by atoms with van der Waals surface area (Å²) in [7, 11) is 0. The molecule has 0 spiro atoms. The molecule has 112 valence electrons. The van der Waals surface area contributed by atoms with Crippen molar-refractivity contribution in [2.45, 2.75) is 52.5 Å². The topological polar surface area (TPSA) is 21.3 Å². The Morgan fingerprint density at radius 2 is 2.05 bits per heavy atom. The second-order valence-electron chi connectivity index (χ2n) is 6.19. The largest absolute Gasteiger partial charge is 0.493 e. The van der Waals surface area contributed by atoms with Crippen LogP contribution in [0.5, 0.6) is 5.75 Å². The van der Waals surface area contributed by atoms with E-state index in [4.69, 9.17) is 16.3 Å². The van der Waals surface area contributed by atoms with Gasteiger partial charge >= 0.3 is 0 Å². The van der Waals surface area contributed by atoms with Gasteiger partial charge in [-0.15, -0.1) is 0 Å². The molecule has 0 aliphatic carbocycles. The average molecular weight is 296 g/mol. The van der Waals surface area contributed by atoms with Gasteiger partial charge in [0.25, 0.3) is 0 Å². The molecule has 0 bridgehead atoms. The average Bonchev–Trinajstić information content (AvgIpc) is 2.83. The highest BCUT2D eigenvalue weighted by molar-refractivity contribution is 6.30. The Morgan fingerprint density at radius 1 is 1.25 bits per heavy atom. The highest BCUT2D eigenvalue weighted by Gasteiger charge is 2.17. The first-order valence-electron chi connectivity index (χ1n) is 7.73. The van der Waals surface area contributed by atoms with Crippen molar-refractivity contribution in [2.24, 2.45) is 5.92 Å². The number of halogens is 1. The normalized spacial score (nSPS) is 15.2. The molecule has 1 heterocycles. The van der Waals surface area contributed by atoms with Crippen LogP contribution in [0.25, 0.3) is 0 Å². The summed E-state index contributed by atoms with van der Waals surface area (Å²) in [4.78, 5) is 0. The zero-order valence-corrected chi connectivity index (χ0v) is 13.6. The predicted octanol–water partition coefficient (Wildman–Crippen LogP) is 4.23. The van der Waals surface area contributed by atoms with Gasteiger partial charge in [0.05, 0.1) is 6.61 Å². The van der Waals surface area contributed by atoms with Crippen molar-refractivity contribution in [3.05, 3.63) is 28.3 Å². The molecule has 1 aliphatic rings. The number of nitrogens with one attached hydrogen (secondary N) is 1. The summed E-state index contributed by atoms with van der Waals surface area (Å²) in [5.74, 6) is 1.82. The van der Waals surface area contributed by atoms with Crippen molar-refractivity contribution in [3.63, 3.8) is 0 Å². The van der Waals surface area contributed by atoms with Crippen LogP contribution in [0.3, 0.4) is 0 Å². The maximum Gasteiger partial charge on any atom is 0.125 e.